The van der Waals surface area contributed by atoms with Gasteiger partial charge in [-0.1, -0.05) is 36.4 Å². The van der Waals surface area contributed by atoms with Gasteiger partial charge in [0.1, 0.15) is 5.28 Å². The molecule has 2 rings (SSSR count). The van der Waals surface area contributed by atoms with Crippen molar-refractivity contribution in [3.8, 4) is 0 Å². The van der Waals surface area contributed by atoms with Gasteiger partial charge in [-0.2, -0.15) is 0 Å². The lowest BCUT2D eigenvalue weighted by atomic mass is 10.4. The van der Waals surface area contributed by atoms with Crippen LogP contribution in [0.1, 0.15) is 0 Å². The average Bonchev–Trinajstić information content (AvgIpc) is 2.46. The highest BCUT2D eigenvalue weighted by molar-refractivity contribution is 7.74. The molecule has 0 aliphatic carbocycles. The zero-order chi connectivity index (χ0) is 12.8. The van der Waals surface area contributed by atoms with Gasteiger partial charge < -0.3 is 4.62 Å². The van der Waals surface area contributed by atoms with Crippen LogP contribution in [0.2, 0.25) is 0 Å². The molecular weight excluding hydrogens is 249 g/mol. The minimum absolute atomic E-state index is 0.489. The molecule has 5 nitrogen and oxygen atoms in total. The topological polar surface area (TPSA) is 75.1 Å². The van der Waals surface area contributed by atoms with Gasteiger partial charge in [0.25, 0.3) is 0 Å². The SMILES string of the molecule is [N-]=[N+]=NOP(=O)(c1ccccc1)c1ccccc1. The molecule has 0 unspecified atom stereocenters. The minimum Gasteiger partial charge on any atom is -0.371 e. The van der Waals surface area contributed by atoms with Crippen LogP contribution in [0, 0.1) is 0 Å². The van der Waals surface area contributed by atoms with Crippen LogP contribution < -0.4 is 10.6 Å². The fraction of sp³-hybridized carbons (Fsp3) is 0. The van der Waals surface area contributed by atoms with Gasteiger partial charge in [-0.25, -0.2) is 0 Å². The van der Waals surface area contributed by atoms with Gasteiger partial charge in [0.05, 0.1) is 10.6 Å². The minimum atomic E-state index is -3.36. The van der Waals surface area contributed by atoms with E-state index in [1.54, 1.807) is 48.5 Å². The zero-order valence-electron chi connectivity index (χ0n) is 9.38. The van der Waals surface area contributed by atoms with Gasteiger partial charge in [0.15, 0.2) is 0 Å². The molecule has 2 aromatic carbocycles. The van der Waals surface area contributed by atoms with Crippen molar-refractivity contribution in [2.75, 3.05) is 0 Å². The van der Waals surface area contributed by atoms with Gasteiger partial charge >= 0.3 is 7.37 Å². The fourth-order valence-electron chi connectivity index (χ4n) is 1.56. The Kier molecular flexibility index (Phi) is 3.68. The number of rotatable bonds is 4. The third-order valence-electron chi connectivity index (χ3n) is 2.38. The van der Waals surface area contributed by atoms with E-state index in [2.05, 4.69) is 10.2 Å². The molecule has 0 aliphatic heterocycles. The predicted octanol–water partition coefficient (Wildman–Crippen LogP) is 3.16. The molecule has 0 amide bonds. The van der Waals surface area contributed by atoms with Crippen LogP contribution in [-0.4, -0.2) is 0 Å². The molecule has 6 heteroatoms. The Labute approximate surface area is 104 Å². The van der Waals surface area contributed by atoms with Gasteiger partial charge in [-0.05, 0) is 29.8 Å². The van der Waals surface area contributed by atoms with Gasteiger partial charge in [0.2, 0.25) is 0 Å². The first-order valence-corrected chi connectivity index (χ1v) is 6.84. The number of hydrogen-bond donors (Lipinski definition) is 0. The lowest BCUT2D eigenvalue weighted by Crippen LogP contribution is -2.16. The lowest BCUT2D eigenvalue weighted by Gasteiger charge is -2.15. The normalized spacial score (nSPS) is 10.4. The van der Waals surface area contributed by atoms with E-state index in [-0.39, 0.29) is 0 Å². The maximum Gasteiger partial charge on any atom is 0.313 e. The Morgan fingerprint density at radius 3 is 1.78 bits per heavy atom. The zero-order valence-corrected chi connectivity index (χ0v) is 10.3. The summed E-state index contributed by atoms with van der Waals surface area (Å²) in [5, 5.41) is 3.99. The molecule has 90 valence electrons. The summed E-state index contributed by atoms with van der Waals surface area (Å²) in [7, 11) is -3.36. The molecule has 0 saturated carbocycles. The summed E-state index contributed by atoms with van der Waals surface area (Å²) in [5.41, 5.74) is 8.34. The molecule has 0 aromatic heterocycles. The van der Waals surface area contributed by atoms with Crippen LogP contribution in [0.4, 0.5) is 0 Å². The predicted molar refractivity (Wildman–Crippen MR) is 70.0 cm³/mol. The molecular formula is C12H10N3O2P. The van der Waals surface area contributed by atoms with Crippen molar-refractivity contribution >= 4 is 18.0 Å². The van der Waals surface area contributed by atoms with E-state index in [4.69, 9.17) is 10.2 Å². The monoisotopic (exact) mass is 259 g/mol. The van der Waals surface area contributed by atoms with Crippen molar-refractivity contribution in [2.45, 2.75) is 0 Å². The van der Waals surface area contributed by atoms with Gasteiger partial charge in [0, 0.05) is 4.91 Å². The maximum atomic E-state index is 12.9. The largest absolute Gasteiger partial charge is 0.371 e. The third kappa shape index (κ3) is 2.38. The smallest absolute Gasteiger partial charge is 0.313 e. The lowest BCUT2D eigenvalue weighted by molar-refractivity contribution is 0.341. The van der Waals surface area contributed by atoms with Crippen molar-refractivity contribution in [1.29, 1.82) is 0 Å². The van der Waals surface area contributed by atoms with Crippen LogP contribution in [0.25, 0.3) is 10.4 Å². The number of hydrogen-bond acceptors (Lipinski definition) is 3. The van der Waals surface area contributed by atoms with Crippen molar-refractivity contribution < 1.29 is 9.19 Å². The number of nitrogens with zero attached hydrogens (tertiary/aromatic N) is 3. The highest BCUT2D eigenvalue weighted by atomic mass is 31.2. The number of benzene rings is 2. The summed E-state index contributed by atoms with van der Waals surface area (Å²) in [4.78, 5) is 2.50. The summed E-state index contributed by atoms with van der Waals surface area (Å²) in [5.74, 6) is 0. The van der Waals surface area contributed by atoms with E-state index in [1.807, 2.05) is 12.1 Å². The Balaban J connectivity index is 2.55. The summed E-state index contributed by atoms with van der Waals surface area (Å²) in [6.45, 7) is 0. The fourth-order valence-corrected chi connectivity index (χ4v) is 3.31. The van der Waals surface area contributed by atoms with E-state index >= 15 is 0 Å². The van der Waals surface area contributed by atoms with Crippen molar-refractivity contribution in [3.63, 3.8) is 0 Å². The quantitative estimate of drug-likeness (QED) is 0.278. The Morgan fingerprint density at radius 1 is 0.944 bits per heavy atom. The van der Waals surface area contributed by atoms with E-state index < -0.39 is 7.37 Å². The van der Waals surface area contributed by atoms with E-state index in [0.717, 1.165) is 0 Å². The van der Waals surface area contributed by atoms with Crippen LogP contribution in [0.3, 0.4) is 0 Å². The van der Waals surface area contributed by atoms with Crippen LogP contribution in [0.5, 0.6) is 0 Å². The molecule has 0 N–H and O–H groups in total. The maximum absolute atomic E-state index is 12.9. The summed E-state index contributed by atoms with van der Waals surface area (Å²) in [6, 6.07) is 17.4. The van der Waals surface area contributed by atoms with E-state index in [1.165, 1.54) is 0 Å². The molecule has 0 aliphatic rings. The Hall–Kier alpha value is -2.22. The van der Waals surface area contributed by atoms with E-state index in [9.17, 15) is 4.57 Å². The molecule has 0 radical (unpaired) electrons. The summed E-state index contributed by atoms with van der Waals surface area (Å²) in [6.07, 6.45) is 0. The van der Waals surface area contributed by atoms with Crippen LogP contribution in [-0.2, 0) is 9.19 Å². The van der Waals surface area contributed by atoms with Crippen LogP contribution >= 0.6 is 7.37 Å². The first kappa shape index (κ1) is 12.2. The number of azide groups is 1. The first-order valence-electron chi connectivity index (χ1n) is 5.22. The average molecular weight is 259 g/mol. The van der Waals surface area contributed by atoms with Crippen molar-refractivity contribution in [3.05, 3.63) is 71.1 Å². The third-order valence-corrected chi connectivity index (χ3v) is 4.64. The van der Waals surface area contributed by atoms with Gasteiger partial charge in [-0.3, -0.25) is 4.57 Å². The summed E-state index contributed by atoms with van der Waals surface area (Å²) < 4.78 is 17.8. The van der Waals surface area contributed by atoms with Crippen molar-refractivity contribution in [1.82, 2.24) is 0 Å². The molecule has 0 spiro atoms. The first-order chi connectivity index (χ1) is 8.77. The second kappa shape index (κ2) is 5.41. The van der Waals surface area contributed by atoms with Gasteiger partial charge in [-0.15, -0.1) is 0 Å². The van der Waals surface area contributed by atoms with Crippen LogP contribution in [0.15, 0.2) is 65.9 Å². The molecule has 18 heavy (non-hydrogen) atoms. The molecule has 0 saturated heterocycles. The summed E-state index contributed by atoms with van der Waals surface area (Å²) >= 11 is 0. The Morgan fingerprint density at radius 2 is 1.39 bits per heavy atom. The molecule has 0 atom stereocenters. The molecule has 0 heterocycles. The van der Waals surface area contributed by atoms with E-state index in [0.29, 0.717) is 10.6 Å². The van der Waals surface area contributed by atoms with Crippen molar-refractivity contribution in [2.24, 2.45) is 5.28 Å². The second-order valence-corrected chi connectivity index (χ2v) is 5.77. The second-order valence-electron chi connectivity index (χ2n) is 3.48. The highest BCUT2D eigenvalue weighted by Crippen LogP contribution is 2.44. The molecule has 0 fully saturated rings. The Bertz CT molecular complexity index is 566. The highest BCUT2D eigenvalue weighted by Gasteiger charge is 2.28. The molecule has 0 bridgehead atoms. The molecule has 2 aromatic rings. The standard InChI is InChI=1S/C12H10N3O2P/c13-14-15-17-18(16,11-7-3-1-4-8-11)12-9-5-2-6-10-12/h1-10H.